The zero-order chi connectivity index (χ0) is 14.8. The number of benzene rings is 1. The number of allylic oxidation sites excluding steroid dienone is 1. The molecule has 1 aromatic carbocycles. The van der Waals surface area contributed by atoms with E-state index in [1.807, 2.05) is 6.07 Å². The Bertz CT molecular complexity index is 461. The van der Waals surface area contributed by atoms with Gasteiger partial charge in [-0.1, -0.05) is 49.8 Å². The van der Waals surface area contributed by atoms with Gasteiger partial charge in [0.05, 0.1) is 11.2 Å². The van der Waals surface area contributed by atoms with Crippen LogP contribution in [0.15, 0.2) is 35.8 Å². The highest BCUT2D eigenvalue weighted by molar-refractivity contribution is 6.55. The van der Waals surface area contributed by atoms with Gasteiger partial charge in [-0.05, 0) is 45.2 Å². The van der Waals surface area contributed by atoms with Gasteiger partial charge in [-0.25, -0.2) is 0 Å². The van der Waals surface area contributed by atoms with E-state index >= 15 is 0 Å². The van der Waals surface area contributed by atoms with E-state index in [1.165, 1.54) is 11.0 Å². The average Bonchev–Trinajstić information content (AvgIpc) is 2.59. The van der Waals surface area contributed by atoms with Gasteiger partial charge < -0.3 is 9.31 Å². The van der Waals surface area contributed by atoms with E-state index in [0.717, 1.165) is 12.8 Å². The lowest BCUT2D eigenvalue weighted by atomic mass is 9.74. The van der Waals surface area contributed by atoms with Gasteiger partial charge in [0.15, 0.2) is 0 Å². The maximum absolute atomic E-state index is 6.16. The molecule has 0 bridgehead atoms. The summed E-state index contributed by atoms with van der Waals surface area (Å²) in [5.74, 6) is 0. The molecule has 108 valence electrons. The molecule has 20 heavy (non-hydrogen) atoms. The lowest BCUT2D eigenvalue weighted by Gasteiger charge is -2.32. The second kappa shape index (κ2) is 5.75. The van der Waals surface area contributed by atoms with Crippen LogP contribution in [0.3, 0.4) is 0 Å². The van der Waals surface area contributed by atoms with Gasteiger partial charge in [-0.3, -0.25) is 0 Å². The number of hydrogen-bond acceptors (Lipinski definition) is 2. The summed E-state index contributed by atoms with van der Waals surface area (Å²) in [6.07, 6.45) is 4.28. The minimum atomic E-state index is -0.277. The van der Waals surface area contributed by atoms with Crippen LogP contribution in [-0.2, 0) is 9.31 Å². The minimum Gasteiger partial charge on any atom is -0.400 e. The van der Waals surface area contributed by atoms with E-state index in [1.54, 1.807) is 0 Å². The van der Waals surface area contributed by atoms with Crippen LogP contribution >= 0.6 is 0 Å². The summed E-state index contributed by atoms with van der Waals surface area (Å²) in [5.41, 5.74) is 1.87. The van der Waals surface area contributed by atoms with Crippen LogP contribution in [0.5, 0.6) is 0 Å². The third-order valence-corrected chi connectivity index (χ3v) is 4.25. The van der Waals surface area contributed by atoms with Crippen molar-refractivity contribution in [1.82, 2.24) is 0 Å². The van der Waals surface area contributed by atoms with E-state index in [-0.39, 0.29) is 18.3 Å². The van der Waals surface area contributed by atoms with Gasteiger partial charge in [0.1, 0.15) is 0 Å². The summed E-state index contributed by atoms with van der Waals surface area (Å²) >= 11 is 0. The van der Waals surface area contributed by atoms with E-state index < -0.39 is 0 Å². The normalized spacial score (nSPS) is 21.2. The first-order chi connectivity index (χ1) is 9.36. The van der Waals surface area contributed by atoms with Crippen molar-refractivity contribution in [3.05, 3.63) is 41.4 Å². The molecule has 0 N–H and O–H groups in total. The quantitative estimate of drug-likeness (QED) is 0.751. The standard InChI is InChI=1S/C17H25BO2/c1-6-10-15(13-14-11-8-7-9-12-14)18-19-16(2,3)17(4,5)20-18/h7-9,11-13H,6,10H2,1-5H3/b15-13+. The Morgan fingerprint density at radius 3 is 2.10 bits per heavy atom. The molecule has 0 saturated carbocycles. The molecule has 1 heterocycles. The first-order valence-corrected chi connectivity index (χ1v) is 7.47. The predicted octanol–water partition coefficient (Wildman–Crippen LogP) is 4.50. The molecule has 1 aromatic rings. The van der Waals surface area contributed by atoms with E-state index in [2.05, 4.69) is 65.0 Å². The van der Waals surface area contributed by atoms with Crippen LogP contribution in [-0.4, -0.2) is 18.3 Å². The zero-order valence-corrected chi connectivity index (χ0v) is 13.3. The van der Waals surface area contributed by atoms with Gasteiger partial charge >= 0.3 is 7.12 Å². The summed E-state index contributed by atoms with van der Waals surface area (Å²) in [4.78, 5) is 0. The Morgan fingerprint density at radius 2 is 1.60 bits per heavy atom. The maximum Gasteiger partial charge on any atom is 0.490 e. The Hall–Kier alpha value is -1.06. The molecule has 3 heteroatoms. The summed E-state index contributed by atoms with van der Waals surface area (Å²) in [6.45, 7) is 10.6. The van der Waals surface area contributed by atoms with Crippen molar-refractivity contribution in [3.63, 3.8) is 0 Å². The lowest BCUT2D eigenvalue weighted by molar-refractivity contribution is 0.00578. The Balaban J connectivity index is 2.25. The predicted molar refractivity (Wildman–Crippen MR) is 85.4 cm³/mol. The number of hydrogen-bond donors (Lipinski definition) is 0. The van der Waals surface area contributed by atoms with Gasteiger partial charge in [-0.15, -0.1) is 0 Å². The molecule has 0 radical (unpaired) electrons. The monoisotopic (exact) mass is 272 g/mol. The Morgan fingerprint density at radius 1 is 1.05 bits per heavy atom. The second-order valence-electron chi connectivity index (χ2n) is 6.47. The van der Waals surface area contributed by atoms with Crippen molar-refractivity contribution in [3.8, 4) is 0 Å². The summed E-state index contributed by atoms with van der Waals surface area (Å²) < 4.78 is 12.3. The molecular weight excluding hydrogens is 247 g/mol. The molecule has 0 unspecified atom stereocenters. The van der Waals surface area contributed by atoms with E-state index in [9.17, 15) is 0 Å². The Labute approximate surface area is 123 Å². The third-order valence-electron chi connectivity index (χ3n) is 4.25. The molecular formula is C17H25BO2. The molecule has 2 nitrogen and oxygen atoms in total. The molecule has 0 atom stereocenters. The van der Waals surface area contributed by atoms with Crippen LogP contribution in [0.2, 0.25) is 0 Å². The SMILES string of the molecule is CCC/C(=C\c1ccccc1)B1OC(C)(C)C(C)(C)O1. The molecule has 1 aliphatic heterocycles. The van der Waals surface area contributed by atoms with Crippen molar-refractivity contribution in [1.29, 1.82) is 0 Å². The zero-order valence-electron chi connectivity index (χ0n) is 13.3. The molecule has 0 aliphatic carbocycles. The van der Waals surface area contributed by atoms with Crippen molar-refractivity contribution in [2.24, 2.45) is 0 Å². The fourth-order valence-corrected chi connectivity index (χ4v) is 2.30. The highest BCUT2D eigenvalue weighted by atomic mass is 16.7. The van der Waals surface area contributed by atoms with Crippen LogP contribution in [0, 0.1) is 0 Å². The summed E-state index contributed by atoms with van der Waals surface area (Å²) in [5, 5.41) is 0. The van der Waals surface area contributed by atoms with Crippen molar-refractivity contribution >= 4 is 13.2 Å². The fraction of sp³-hybridized carbons (Fsp3) is 0.529. The molecule has 1 aliphatic rings. The first-order valence-electron chi connectivity index (χ1n) is 7.47. The average molecular weight is 272 g/mol. The van der Waals surface area contributed by atoms with Crippen molar-refractivity contribution < 1.29 is 9.31 Å². The molecule has 1 fully saturated rings. The largest absolute Gasteiger partial charge is 0.490 e. The highest BCUT2D eigenvalue weighted by Gasteiger charge is 2.52. The van der Waals surface area contributed by atoms with Crippen LogP contribution in [0.1, 0.15) is 53.0 Å². The van der Waals surface area contributed by atoms with E-state index in [0.29, 0.717) is 0 Å². The molecule has 0 amide bonds. The summed E-state index contributed by atoms with van der Waals surface area (Å²) in [7, 11) is -0.236. The van der Waals surface area contributed by atoms with Crippen LogP contribution in [0.25, 0.3) is 6.08 Å². The van der Waals surface area contributed by atoms with Crippen molar-refractivity contribution in [2.45, 2.75) is 58.7 Å². The first kappa shape index (κ1) is 15.3. The van der Waals surface area contributed by atoms with Crippen LogP contribution < -0.4 is 0 Å². The molecule has 0 aromatic heterocycles. The van der Waals surface area contributed by atoms with Crippen molar-refractivity contribution in [2.75, 3.05) is 0 Å². The molecule has 1 saturated heterocycles. The second-order valence-corrected chi connectivity index (χ2v) is 6.47. The lowest BCUT2D eigenvalue weighted by Crippen LogP contribution is -2.41. The highest BCUT2D eigenvalue weighted by Crippen LogP contribution is 2.39. The van der Waals surface area contributed by atoms with Gasteiger partial charge in [-0.2, -0.15) is 0 Å². The number of rotatable bonds is 4. The Kier molecular flexibility index (Phi) is 4.41. The van der Waals surface area contributed by atoms with Gasteiger partial charge in [0.2, 0.25) is 0 Å². The molecule has 0 spiro atoms. The molecule has 2 rings (SSSR count). The topological polar surface area (TPSA) is 18.5 Å². The maximum atomic E-state index is 6.16. The van der Waals surface area contributed by atoms with Gasteiger partial charge in [0.25, 0.3) is 0 Å². The van der Waals surface area contributed by atoms with E-state index in [4.69, 9.17) is 9.31 Å². The minimum absolute atomic E-state index is 0.236. The third kappa shape index (κ3) is 3.16. The summed E-state index contributed by atoms with van der Waals surface area (Å²) in [6, 6.07) is 10.4. The van der Waals surface area contributed by atoms with Gasteiger partial charge in [0, 0.05) is 0 Å². The smallest absolute Gasteiger partial charge is 0.400 e. The van der Waals surface area contributed by atoms with Crippen LogP contribution in [0.4, 0.5) is 0 Å². The fourth-order valence-electron chi connectivity index (χ4n) is 2.30.